The molecule has 0 radical (unpaired) electrons. The average molecular weight is 801 g/mol. The van der Waals surface area contributed by atoms with Crippen LogP contribution in [-0.2, 0) is 18.4 Å². The lowest BCUT2D eigenvalue weighted by Gasteiger charge is -2.29. The Bertz CT molecular complexity index is 911. The van der Waals surface area contributed by atoms with Crippen molar-refractivity contribution in [3.05, 3.63) is 12.2 Å². The minimum absolute atomic E-state index is 0.00175. The summed E-state index contributed by atoms with van der Waals surface area (Å²) in [6.45, 7) is 4.63. The van der Waals surface area contributed by atoms with Crippen LogP contribution in [0.4, 0.5) is 0 Å². The maximum Gasteiger partial charge on any atom is 0.268 e. The van der Waals surface area contributed by atoms with Gasteiger partial charge in [0, 0.05) is 6.42 Å². The van der Waals surface area contributed by atoms with Crippen molar-refractivity contribution in [1.82, 2.24) is 5.32 Å². The Hall–Kier alpha value is -0.760. The van der Waals surface area contributed by atoms with Crippen LogP contribution >= 0.6 is 7.82 Å². The summed E-state index contributed by atoms with van der Waals surface area (Å²) in [6, 6.07) is -0.878. The van der Waals surface area contributed by atoms with Crippen LogP contribution in [0, 0.1) is 0 Å². The molecule has 0 spiro atoms. The van der Waals surface area contributed by atoms with Gasteiger partial charge in [-0.25, -0.2) is 0 Å². The number of aliphatic hydroxyl groups excluding tert-OH is 1. The van der Waals surface area contributed by atoms with E-state index in [4.69, 9.17) is 9.05 Å². The molecule has 0 aromatic carbocycles. The smallest absolute Gasteiger partial charge is 0.268 e. The molecule has 3 unspecified atom stereocenters. The maximum atomic E-state index is 12.8. The fourth-order valence-electron chi connectivity index (χ4n) is 6.98. The number of carbonyl (C=O) groups is 1. The highest BCUT2D eigenvalue weighted by Gasteiger charge is 2.23. The molecule has 0 aromatic rings. The van der Waals surface area contributed by atoms with E-state index in [1.165, 1.54) is 167 Å². The standard InChI is InChI=1S/C46H93N2O6P/c1-6-8-10-12-14-16-17-18-19-20-21-22-23-24-25-26-27-28-29-30-32-34-36-38-40-46(50)47-44(43-54-55(51,52)53-42-41-48(3,4)5)45(49)39-37-35-33-31-15-13-11-9-7-2/h37,39,44-45,49H,6-36,38,40-43H2,1-5H3,(H-,47,50,51,52)/b39-37+. The number of amides is 1. The van der Waals surface area contributed by atoms with Crippen LogP contribution in [0.25, 0.3) is 0 Å². The number of aliphatic hydroxyl groups is 1. The molecule has 0 aliphatic rings. The molecule has 0 heterocycles. The van der Waals surface area contributed by atoms with Gasteiger partial charge in [-0.2, -0.15) is 0 Å². The summed E-state index contributed by atoms with van der Waals surface area (Å²) in [6.07, 6.45) is 44.2. The molecule has 0 aliphatic carbocycles. The molecule has 328 valence electrons. The molecule has 0 aromatic heterocycles. The van der Waals surface area contributed by atoms with Gasteiger partial charge >= 0.3 is 0 Å². The first-order valence-corrected chi connectivity index (χ1v) is 25.0. The monoisotopic (exact) mass is 801 g/mol. The number of unbranched alkanes of at least 4 members (excludes halogenated alkanes) is 30. The van der Waals surface area contributed by atoms with Crippen LogP contribution in [-0.4, -0.2) is 68.5 Å². The minimum Gasteiger partial charge on any atom is -0.756 e. The highest BCUT2D eigenvalue weighted by Crippen LogP contribution is 2.38. The Morgan fingerprint density at radius 2 is 0.982 bits per heavy atom. The van der Waals surface area contributed by atoms with Crippen molar-refractivity contribution < 1.29 is 32.9 Å². The Kier molecular flexibility index (Phi) is 38.2. The number of allylic oxidation sites excluding steroid dienone is 1. The molecule has 0 rings (SSSR count). The molecule has 0 saturated heterocycles. The average Bonchev–Trinajstić information content (AvgIpc) is 3.13. The second-order valence-corrected chi connectivity index (χ2v) is 18.9. The third-order valence-corrected chi connectivity index (χ3v) is 11.7. The fraction of sp³-hybridized carbons (Fsp3) is 0.935. The van der Waals surface area contributed by atoms with Crippen molar-refractivity contribution >= 4 is 13.7 Å². The lowest BCUT2D eigenvalue weighted by Crippen LogP contribution is -2.45. The third-order valence-electron chi connectivity index (χ3n) is 10.7. The first-order valence-electron chi connectivity index (χ1n) is 23.6. The summed E-state index contributed by atoms with van der Waals surface area (Å²) in [7, 11) is 1.27. The zero-order valence-corrected chi connectivity index (χ0v) is 38.0. The van der Waals surface area contributed by atoms with Gasteiger partial charge in [0.05, 0.1) is 39.9 Å². The maximum absolute atomic E-state index is 12.8. The Morgan fingerprint density at radius 1 is 0.618 bits per heavy atom. The fourth-order valence-corrected chi connectivity index (χ4v) is 7.70. The Morgan fingerprint density at radius 3 is 1.36 bits per heavy atom. The zero-order valence-electron chi connectivity index (χ0n) is 37.1. The first-order chi connectivity index (χ1) is 26.5. The van der Waals surface area contributed by atoms with Gasteiger partial charge in [-0.3, -0.25) is 9.36 Å². The van der Waals surface area contributed by atoms with Crippen LogP contribution in [0.1, 0.15) is 226 Å². The van der Waals surface area contributed by atoms with Gasteiger partial charge in [0.25, 0.3) is 7.82 Å². The molecule has 0 bridgehead atoms. The summed E-state index contributed by atoms with van der Waals surface area (Å²) < 4.78 is 23.1. The van der Waals surface area contributed by atoms with Crippen molar-refractivity contribution in [1.29, 1.82) is 0 Å². The minimum atomic E-state index is -4.58. The van der Waals surface area contributed by atoms with Crippen LogP contribution in [0.15, 0.2) is 12.2 Å². The number of carbonyl (C=O) groups excluding carboxylic acids is 1. The van der Waals surface area contributed by atoms with Gasteiger partial charge < -0.3 is 28.8 Å². The van der Waals surface area contributed by atoms with E-state index < -0.39 is 20.0 Å². The summed E-state index contributed by atoms with van der Waals surface area (Å²) in [5.74, 6) is -0.196. The van der Waals surface area contributed by atoms with Crippen LogP contribution in [0.3, 0.4) is 0 Å². The van der Waals surface area contributed by atoms with Crippen LogP contribution in [0.5, 0.6) is 0 Å². The molecule has 9 heteroatoms. The van der Waals surface area contributed by atoms with E-state index in [2.05, 4.69) is 19.2 Å². The van der Waals surface area contributed by atoms with Gasteiger partial charge in [0.15, 0.2) is 0 Å². The summed E-state index contributed by atoms with van der Waals surface area (Å²) >= 11 is 0. The lowest BCUT2D eigenvalue weighted by molar-refractivity contribution is -0.870. The number of hydrogen-bond acceptors (Lipinski definition) is 6. The summed E-state index contributed by atoms with van der Waals surface area (Å²) in [4.78, 5) is 25.2. The molecular formula is C46H93N2O6P. The zero-order chi connectivity index (χ0) is 40.7. The topological polar surface area (TPSA) is 108 Å². The van der Waals surface area contributed by atoms with E-state index >= 15 is 0 Å². The number of likely N-dealkylation sites (N-methyl/N-ethyl adjacent to an activating group) is 1. The predicted octanol–water partition coefficient (Wildman–Crippen LogP) is 12.5. The largest absolute Gasteiger partial charge is 0.756 e. The van der Waals surface area contributed by atoms with Crippen molar-refractivity contribution in [2.45, 2.75) is 238 Å². The van der Waals surface area contributed by atoms with Gasteiger partial charge in [0.1, 0.15) is 13.2 Å². The number of hydrogen-bond donors (Lipinski definition) is 2. The number of nitrogens with zero attached hydrogens (tertiary/aromatic N) is 1. The number of phosphoric ester groups is 1. The first kappa shape index (κ1) is 54.2. The second kappa shape index (κ2) is 38.7. The highest BCUT2D eigenvalue weighted by molar-refractivity contribution is 7.45. The second-order valence-electron chi connectivity index (χ2n) is 17.5. The van der Waals surface area contributed by atoms with E-state index in [9.17, 15) is 19.4 Å². The molecule has 8 nitrogen and oxygen atoms in total. The Balaban J connectivity index is 4.11. The molecule has 55 heavy (non-hydrogen) atoms. The quantitative estimate of drug-likeness (QED) is 0.0275. The number of quaternary nitrogens is 1. The normalized spacial score (nSPS) is 14.4. The molecule has 0 fully saturated rings. The van der Waals surface area contributed by atoms with Crippen molar-refractivity contribution in [3.8, 4) is 0 Å². The van der Waals surface area contributed by atoms with Gasteiger partial charge in [-0.1, -0.05) is 212 Å². The van der Waals surface area contributed by atoms with Gasteiger partial charge in [-0.05, 0) is 19.3 Å². The van der Waals surface area contributed by atoms with E-state index in [0.29, 0.717) is 17.4 Å². The molecule has 2 N–H and O–H groups in total. The van der Waals surface area contributed by atoms with E-state index in [-0.39, 0.29) is 19.1 Å². The van der Waals surface area contributed by atoms with E-state index in [0.717, 1.165) is 38.5 Å². The van der Waals surface area contributed by atoms with Crippen LogP contribution < -0.4 is 10.2 Å². The molecule has 1 amide bonds. The summed E-state index contributed by atoms with van der Waals surface area (Å²) in [5.41, 5.74) is 0. The number of nitrogens with one attached hydrogen (secondary N) is 1. The van der Waals surface area contributed by atoms with Gasteiger partial charge in [0.2, 0.25) is 5.91 Å². The Labute approximate surface area is 342 Å². The van der Waals surface area contributed by atoms with Crippen molar-refractivity contribution in [2.75, 3.05) is 40.9 Å². The van der Waals surface area contributed by atoms with Crippen molar-refractivity contribution in [3.63, 3.8) is 0 Å². The summed E-state index contributed by atoms with van der Waals surface area (Å²) in [5, 5.41) is 13.7. The van der Waals surface area contributed by atoms with Crippen molar-refractivity contribution in [2.24, 2.45) is 0 Å². The van der Waals surface area contributed by atoms with E-state index in [1.807, 2.05) is 27.2 Å². The predicted molar refractivity (Wildman–Crippen MR) is 233 cm³/mol. The van der Waals surface area contributed by atoms with Crippen LogP contribution in [0.2, 0.25) is 0 Å². The molecule has 0 aliphatic heterocycles. The number of phosphoric acid groups is 1. The molecule has 3 atom stereocenters. The van der Waals surface area contributed by atoms with E-state index in [1.54, 1.807) is 6.08 Å². The number of rotatable bonds is 43. The highest BCUT2D eigenvalue weighted by atomic mass is 31.2. The SMILES string of the molecule is CCCCCCCCC/C=C/C(O)C(COP(=O)([O-])OCC[N+](C)(C)C)NC(=O)CCCCCCCCCCCCCCCCCCCCCCCCCC. The third kappa shape index (κ3) is 41.2. The molecular weight excluding hydrogens is 707 g/mol. The lowest BCUT2D eigenvalue weighted by atomic mass is 10.0. The molecule has 0 saturated carbocycles. The van der Waals surface area contributed by atoms with Gasteiger partial charge in [-0.15, -0.1) is 0 Å².